The predicted octanol–water partition coefficient (Wildman–Crippen LogP) is 2.85. The van der Waals surface area contributed by atoms with Crippen molar-refractivity contribution in [3.8, 4) is 11.5 Å². The third-order valence-electron chi connectivity index (χ3n) is 3.68. The highest BCUT2D eigenvalue weighted by atomic mass is 19.1. The molecule has 1 heterocycles. The first-order valence-corrected chi connectivity index (χ1v) is 7.61. The molecule has 1 N–H and O–H groups in total. The summed E-state index contributed by atoms with van der Waals surface area (Å²) >= 11 is 0. The molecular formula is C18H18FNO3. The van der Waals surface area contributed by atoms with Crippen molar-refractivity contribution in [2.75, 3.05) is 13.2 Å². The van der Waals surface area contributed by atoms with Gasteiger partial charge in [0.1, 0.15) is 19.0 Å². The van der Waals surface area contributed by atoms with Gasteiger partial charge in [-0.2, -0.15) is 0 Å². The molecule has 0 bridgehead atoms. The van der Waals surface area contributed by atoms with E-state index >= 15 is 0 Å². The van der Waals surface area contributed by atoms with Gasteiger partial charge in [-0.05, 0) is 30.2 Å². The summed E-state index contributed by atoms with van der Waals surface area (Å²) in [6.45, 7) is 1.30. The van der Waals surface area contributed by atoms with Crippen molar-refractivity contribution in [2.24, 2.45) is 0 Å². The normalized spacial score (nSPS) is 12.7. The second-order valence-corrected chi connectivity index (χ2v) is 5.35. The number of nitrogens with one attached hydrogen (secondary N) is 1. The minimum atomic E-state index is -0.306. The Hall–Kier alpha value is -2.56. The van der Waals surface area contributed by atoms with E-state index in [0.717, 1.165) is 17.1 Å². The van der Waals surface area contributed by atoms with Crippen LogP contribution in [0, 0.1) is 5.82 Å². The van der Waals surface area contributed by atoms with Crippen molar-refractivity contribution in [1.82, 2.24) is 5.32 Å². The van der Waals surface area contributed by atoms with Crippen LogP contribution in [0.2, 0.25) is 0 Å². The lowest BCUT2D eigenvalue weighted by atomic mass is 10.1. The van der Waals surface area contributed by atoms with Gasteiger partial charge >= 0.3 is 0 Å². The number of hydrogen-bond acceptors (Lipinski definition) is 3. The van der Waals surface area contributed by atoms with Gasteiger partial charge in [-0.3, -0.25) is 4.79 Å². The van der Waals surface area contributed by atoms with Crippen LogP contribution in [0.1, 0.15) is 17.5 Å². The van der Waals surface area contributed by atoms with Crippen molar-refractivity contribution >= 4 is 5.91 Å². The predicted molar refractivity (Wildman–Crippen MR) is 84.0 cm³/mol. The summed E-state index contributed by atoms with van der Waals surface area (Å²) in [5.41, 5.74) is 1.50. The molecule has 120 valence electrons. The van der Waals surface area contributed by atoms with Gasteiger partial charge in [0.15, 0.2) is 11.5 Å². The molecule has 0 radical (unpaired) electrons. The molecule has 2 aromatic rings. The number of halogens is 1. The topological polar surface area (TPSA) is 47.6 Å². The molecule has 3 rings (SSSR count). The summed E-state index contributed by atoms with van der Waals surface area (Å²) in [5.74, 6) is 1.05. The maximum Gasteiger partial charge on any atom is 0.220 e. The molecule has 1 aliphatic heterocycles. The molecule has 2 aromatic carbocycles. The molecule has 0 atom stereocenters. The average molecular weight is 315 g/mol. The molecule has 0 saturated heterocycles. The van der Waals surface area contributed by atoms with E-state index in [1.807, 2.05) is 18.2 Å². The first kappa shape index (κ1) is 15.3. The number of ether oxygens (including phenoxy) is 2. The average Bonchev–Trinajstić information content (AvgIpc) is 2.59. The Kier molecular flexibility index (Phi) is 4.76. The fourth-order valence-electron chi connectivity index (χ4n) is 2.43. The number of aryl methyl sites for hydroxylation is 1. The Morgan fingerprint density at radius 1 is 1.09 bits per heavy atom. The largest absolute Gasteiger partial charge is 0.486 e. The minimum Gasteiger partial charge on any atom is -0.486 e. The monoisotopic (exact) mass is 315 g/mol. The van der Waals surface area contributed by atoms with Crippen molar-refractivity contribution < 1.29 is 18.7 Å². The van der Waals surface area contributed by atoms with Gasteiger partial charge < -0.3 is 14.8 Å². The van der Waals surface area contributed by atoms with Crippen LogP contribution in [0.15, 0.2) is 42.5 Å². The summed E-state index contributed by atoms with van der Waals surface area (Å²) in [7, 11) is 0. The van der Waals surface area contributed by atoms with E-state index in [1.54, 1.807) is 18.2 Å². The maximum atomic E-state index is 13.5. The Labute approximate surface area is 134 Å². The third kappa shape index (κ3) is 4.00. The van der Waals surface area contributed by atoms with Crippen LogP contribution in [-0.4, -0.2) is 19.1 Å². The first-order valence-electron chi connectivity index (χ1n) is 7.61. The second kappa shape index (κ2) is 7.13. The third-order valence-corrected chi connectivity index (χ3v) is 3.68. The van der Waals surface area contributed by atoms with Gasteiger partial charge in [-0.25, -0.2) is 4.39 Å². The highest BCUT2D eigenvalue weighted by Crippen LogP contribution is 2.31. The number of amides is 1. The van der Waals surface area contributed by atoms with Gasteiger partial charge in [0.2, 0.25) is 5.91 Å². The molecule has 0 spiro atoms. The zero-order valence-electron chi connectivity index (χ0n) is 12.7. The summed E-state index contributed by atoms with van der Waals surface area (Å²) in [6.07, 6.45) is 0.938. The standard InChI is InChI=1S/C18H18FNO3/c19-15-4-2-1-3-14(15)12-20-18(21)8-6-13-5-7-16-17(11-13)23-10-9-22-16/h1-5,7,11H,6,8-10,12H2,(H,20,21). The molecular weight excluding hydrogens is 297 g/mol. The molecule has 5 heteroatoms. The molecule has 0 unspecified atom stereocenters. The molecule has 4 nitrogen and oxygen atoms in total. The molecule has 1 amide bonds. The fraction of sp³-hybridized carbons (Fsp3) is 0.278. The molecule has 0 aromatic heterocycles. The summed E-state index contributed by atoms with van der Waals surface area (Å²) in [6, 6.07) is 12.1. The second-order valence-electron chi connectivity index (χ2n) is 5.35. The zero-order valence-corrected chi connectivity index (χ0v) is 12.7. The van der Waals surface area contributed by atoms with Gasteiger partial charge in [0.05, 0.1) is 0 Å². The summed E-state index contributed by atoms with van der Waals surface area (Å²) < 4.78 is 24.5. The van der Waals surface area contributed by atoms with E-state index < -0.39 is 0 Å². The smallest absolute Gasteiger partial charge is 0.220 e. The van der Waals surface area contributed by atoms with Crippen LogP contribution in [-0.2, 0) is 17.8 Å². The Morgan fingerprint density at radius 3 is 2.70 bits per heavy atom. The highest BCUT2D eigenvalue weighted by molar-refractivity contribution is 5.76. The van der Waals surface area contributed by atoms with Crippen LogP contribution in [0.25, 0.3) is 0 Å². The van der Waals surface area contributed by atoms with E-state index in [0.29, 0.717) is 31.6 Å². The van der Waals surface area contributed by atoms with Crippen molar-refractivity contribution in [1.29, 1.82) is 0 Å². The number of carbonyl (C=O) groups excluding carboxylic acids is 1. The van der Waals surface area contributed by atoms with Gasteiger partial charge in [0, 0.05) is 18.5 Å². The Morgan fingerprint density at radius 2 is 1.87 bits per heavy atom. The first-order chi connectivity index (χ1) is 11.2. The van der Waals surface area contributed by atoms with Crippen LogP contribution < -0.4 is 14.8 Å². The molecule has 0 fully saturated rings. The maximum absolute atomic E-state index is 13.5. The SMILES string of the molecule is O=C(CCc1ccc2c(c1)OCCO2)NCc1ccccc1F. The number of benzene rings is 2. The van der Waals surface area contributed by atoms with Crippen molar-refractivity contribution in [3.63, 3.8) is 0 Å². The molecule has 0 aliphatic carbocycles. The number of carbonyl (C=O) groups is 1. The minimum absolute atomic E-state index is 0.108. The van der Waals surface area contributed by atoms with E-state index in [4.69, 9.17) is 9.47 Å². The number of rotatable bonds is 5. The van der Waals surface area contributed by atoms with E-state index in [-0.39, 0.29) is 18.3 Å². The number of fused-ring (bicyclic) bond motifs is 1. The van der Waals surface area contributed by atoms with E-state index in [9.17, 15) is 9.18 Å². The molecule has 23 heavy (non-hydrogen) atoms. The number of hydrogen-bond donors (Lipinski definition) is 1. The van der Waals surface area contributed by atoms with Crippen LogP contribution in [0.3, 0.4) is 0 Å². The van der Waals surface area contributed by atoms with Crippen molar-refractivity contribution in [3.05, 3.63) is 59.4 Å². The lowest BCUT2D eigenvalue weighted by Crippen LogP contribution is -2.23. The fourth-order valence-corrected chi connectivity index (χ4v) is 2.43. The molecule has 1 aliphatic rings. The van der Waals surface area contributed by atoms with Crippen LogP contribution >= 0.6 is 0 Å². The van der Waals surface area contributed by atoms with Crippen LogP contribution in [0.4, 0.5) is 4.39 Å². The lowest BCUT2D eigenvalue weighted by molar-refractivity contribution is -0.121. The molecule has 0 saturated carbocycles. The van der Waals surface area contributed by atoms with E-state index in [1.165, 1.54) is 6.07 Å². The van der Waals surface area contributed by atoms with Gasteiger partial charge in [-0.1, -0.05) is 24.3 Å². The highest BCUT2D eigenvalue weighted by Gasteiger charge is 2.12. The van der Waals surface area contributed by atoms with Gasteiger partial charge in [0.25, 0.3) is 0 Å². The quantitative estimate of drug-likeness (QED) is 0.923. The summed E-state index contributed by atoms with van der Waals surface area (Å²) in [4.78, 5) is 11.9. The Balaban J connectivity index is 1.50. The lowest BCUT2D eigenvalue weighted by Gasteiger charge is -2.18. The van der Waals surface area contributed by atoms with Crippen molar-refractivity contribution in [2.45, 2.75) is 19.4 Å². The summed E-state index contributed by atoms with van der Waals surface area (Å²) in [5, 5.41) is 2.74. The van der Waals surface area contributed by atoms with E-state index in [2.05, 4.69) is 5.32 Å². The van der Waals surface area contributed by atoms with Gasteiger partial charge in [-0.15, -0.1) is 0 Å². The zero-order chi connectivity index (χ0) is 16.1. The van der Waals surface area contributed by atoms with Crippen LogP contribution in [0.5, 0.6) is 11.5 Å². The Bertz CT molecular complexity index is 702.